The third-order valence-electron chi connectivity index (χ3n) is 4.93. The Balaban J connectivity index is 1.74. The average Bonchev–Trinajstić information content (AvgIpc) is 2.92. The molecular weight excluding hydrogens is 270 g/mol. The molecule has 3 rings (SSSR count). The number of aliphatic hydroxyl groups excluding tert-OH is 1. The number of aliphatic carboxylic acids is 1. The average molecular weight is 289 g/mol. The third kappa shape index (κ3) is 2.28. The molecule has 108 valence electrons. The molecule has 0 aromatic heterocycles. The van der Waals surface area contributed by atoms with Crippen molar-refractivity contribution in [3.05, 3.63) is 0 Å². The number of carbonyl (C=O) groups is 1. The zero-order valence-corrected chi connectivity index (χ0v) is 11.3. The van der Waals surface area contributed by atoms with E-state index < -0.39 is 33.9 Å². The van der Waals surface area contributed by atoms with E-state index >= 15 is 0 Å². The van der Waals surface area contributed by atoms with E-state index in [4.69, 9.17) is 0 Å². The quantitative estimate of drug-likeness (QED) is 0.630. The van der Waals surface area contributed by atoms with Crippen LogP contribution >= 0.6 is 0 Å². The molecule has 6 atom stereocenters. The molecule has 1 saturated heterocycles. The summed E-state index contributed by atoms with van der Waals surface area (Å²) in [4.78, 5) is 11.4. The molecule has 1 aliphatic heterocycles. The van der Waals surface area contributed by atoms with Crippen LogP contribution in [-0.4, -0.2) is 54.3 Å². The van der Waals surface area contributed by atoms with Crippen LogP contribution in [-0.2, 0) is 14.6 Å². The van der Waals surface area contributed by atoms with Gasteiger partial charge in [0.25, 0.3) is 0 Å². The summed E-state index contributed by atoms with van der Waals surface area (Å²) in [5, 5.41) is 22.3. The number of hydrogen-bond acceptors (Lipinski definition) is 5. The molecule has 2 aliphatic carbocycles. The highest BCUT2D eigenvalue weighted by Crippen LogP contribution is 2.48. The molecule has 3 aliphatic rings. The van der Waals surface area contributed by atoms with Gasteiger partial charge in [0.05, 0.1) is 23.5 Å². The van der Waals surface area contributed by atoms with E-state index in [9.17, 15) is 23.4 Å². The summed E-state index contributed by atoms with van der Waals surface area (Å²) in [6.45, 7) is 0. The second kappa shape index (κ2) is 4.43. The predicted octanol–water partition coefficient (Wildman–Crippen LogP) is -0.767. The number of aliphatic hydroxyl groups is 1. The van der Waals surface area contributed by atoms with Crippen LogP contribution in [0.2, 0.25) is 0 Å². The van der Waals surface area contributed by atoms with Gasteiger partial charge in [-0.05, 0) is 31.1 Å². The molecule has 0 aromatic rings. The maximum atomic E-state index is 11.5. The van der Waals surface area contributed by atoms with E-state index in [2.05, 4.69) is 5.32 Å². The van der Waals surface area contributed by atoms with Crippen molar-refractivity contribution in [1.82, 2.24) is 5.32 Å². The van der Waals surface area contributed by atoms with E-state index in [1.54, 1.807) is 0 Å². The van der Waals surface area contributed by atoms with Crippen molar-refractivity contribution in [3.63, 3.8) is 0 Å². The summed E-state index contributed by atoms with van der Waals surface area (Å²) in [5.41, 5.74) is 0. The fraction of sp³-hybridized carbons (Fsp3) is 0.917. The number of hydrogen-bond donors (Lipinski definition) is 3. The van der Waals surface area contributed by atoms with Crippen molar-refractivity contribution in [2.75, 3.05) is 11.5 Å². The zero-order valence-electron chi connectivity index (χ0n) is 10.5. The normalized spacial score (nSPS) is 47.6. The van der Waals surface area contributed by atoms with Crippen LogP contribution in [0.25, 0.3) is 0 Å². The molecule has 0 radical (unpaired) electrons. The van der Waals surface area contributed by atoms with Crippen LogP contribution in [0, 0.1) is 17.8 Å². The summed E-state index contributed by atoms with van der Waals surface area (Å²) in [7, 11) is -3.20. The van der Waals surface area contributed by atoms with E-state index in [0.717, 1.165) is 19.3 Å². The summed E-state index contributed by atoms with van der Waals surface area (Å²) >= 11 is 0. The summed E-state index contributed by atoms with van der Waals surface area (Å²) in [6, 6.07) is -0.708. The van der Waals surface area contributed by atoms with Crippen molar-refractivity contribution < 1.29 is 23.4 Å². The molecule has 0 amide bonds. The van der Waals surface area contributed by atoms with Gasteiger partial charge in [-0.1, -0.05) is 0 Å². The third-order valence-corrected chi connectivity index (χ3v) is 6.65. The van der Waals surface area contributed by atoms with Gasteiger partial charge >= 0.3 is 5.97 Å². The lowest BCUT2D eigenvalue weighted by Gasteiger charge is -2.32. The number of nitrogens with one attached hydrogen (secondary N) is 1. The molecule has 3 N–H and O–H groups in total. The van der Waals surface area contributed by atoms with Gasteiger partial charge in [-0.2, -0.15) is 0 Å². The Bertz CT molecular complexity index is 490. The van der Waals surface area contributed by atoms with Crippen LogP contribution < -0.4 is 5.32 Å². The van der Waals surface area contributed by atoms with Crippen LogP contribution in [0.5, 0.6) is 0 Å². The second-order valence-corrected chi connectivity index (χ2v) is 8.29. The van der Waals surface area contributed by atoms with Crippen LogP contribution in [0.1, 0.15) is 19.3 Å². The highest BCUT2D eigenvalue weighted by Gasteiger charge is 2.52. The summed E-state index contributed by atoms with van der Waals surface area (Å²) in [5.74, 6) is -1.04. The standard InChI is InChI=1S/C12H19NO5S/c14-9-5-19(17,18)4-8(9)13-11-7-2-1-6(3-7)10(11)12(15)16/h6-11,13-14H,1-5H2,(H,15,16). The van der Waals surface area contributed by atoms with Crippen LogP contribution in [0.15, 0.2) is 0 Å². The maximum absolute atomic E-state index is 11.5. The van der Waals surface area contributed by atoms with Crippen molar-refractivity contribution in [3.8, 4) is 0 Å². The minimum atomic E-state index is -3.20. The van der Waals surface area contributed by atoms with Crippen molar-refractivity contribution in [2.24, 2.45) is 17.8 Å². The fourth-order valence-corrected chi connectivity index (χ4v) is 5.88. The highest BCUT2D eigenvalue weighted by atomic mass is 32.2. The van der Waals surface area contributed by atoms with E-state index in [0.29, 0.717) is 5.92 Å². The molecule has 19 heavy (non-hydrogen) atoms. The predicted molar refractivity (Wildman–Crippen MR) is 67.3 cm³/mol. The van der Waals surface area contributed by atoms with Crippen molar-refractivity contribution >= 4 is 15.8 Å². The van der Waals surface area contributed by atoms with E-state index in [1.165, 1.54) is 0 Å². The lowest BCUT2D eigenvalue weighted by Crippen LogP contribution is -2.52. The molecule has 0 spiro atoms. The second-order valence-electron chi connectivity index (χ2n) is 6.14. The molecule has 6 nitrogen and oxygen atoms in total. The number of rotatable bonds is 3. The molecule has 6 unspecified atom stereocenters. The number of fused-ring (bicyclic) bond motifs is 2. The van der Waals surface area contributed by atoms with E-state index in [-0.39, 0.29) is 23.5 Å². The summed E-state index contributed by atoms with van der Waals surface area (Å²) < 4.78 is 23.0. The Kier molecular flexibility index (Phi) is 3.11. The van der Waals surface area contributed by atoms with Gasteiger partial charge in [-0.3, -0.25) is 4.79 Å². The highest BCUT2D eigenvalue weighted by molar-refractivity contribution is 7.91. The minimum absolute atomic E-state index is 0.0889. The molecule has 3 fully saturated rings. The number of carboxylic acids is 1. The van der Waals surface area contributed by atoms with Gasteiger partial charge in [0.2, 0.25) is 0 Å². The number of sulfone groups is 1. The Morgan fingerprint density at radius 1 is 1.16 bits per heavy atom. The molecule has 2 saturated carbocycles. The molecule has 0 aromatic carbocycles. The lowest BCUT2D eigenvalue weighted by atomic mass is 9.84. The topological polar surface area (TPSA) is 104 Å². The van der Waals surface area contributed by atoms with Gasteiger partial charge in [-0.15, -0.1) is 0 Å². The lowest BCUT2D eigenvalue weighted by molar-refractivity contribution is -0.144. The van der Waals surface area contributed by atoms with Gasteiger partial charge in [-0.25, -0.2) is 8.42 Å². The molecule has 7 heteroatoms. The zero-order chi connectivity index (χ0) is 13.8. The Morgan fingerprint density at radius 2 is 1.84 bits per heavy atom. The van der Waals surface area contributed by atoms with Gasteiger partial charge in [0.1, 0.15) is 0 Å². The maximum Gasteiger partial charge on any atom is 0.308 e. The van der Waals surface area contributed by atoms with E-state index in [1.807, 2.05) is 0 Å². The first-order chi connectivity index (χ1) is 8.87. The van der Waals surface area contributed by atoms with Gasteiger partial charge in [0, 0.05) is 12.1 Å². The summed E-state index contributed by atoms with van der Waals surface area (Å²) in [6.07, 6.45) is 1.94. The van der Waals surface area contributed by atoms with Gasteiger partial charge < -0.3 is 15.5 Å². The van der Waals surface area contributed by atoms with Crippen molar-refractivity contribution in [1.29, 1.82) is 0 Å². The first-order valence-corrected chi connectivity index (χ1v) is 8.57. The molecule has 2 bridgehead atoms. The van der Waals surface area contributed by atoms with Crippen LogP contribution in [0.4, 0.5) is 0 Å². The Labute approximate surface area is 112 Å². The van der Waals surface area contributed by atoms with Crippen LogP contribution in [0.3, 0.4) is 0 Å². The SMILES string of the molecule is O=C(O)C1C2CCC(C2)C1NC1CS(=O)(=O)CC1O. The first-order valence-electron chi connectivity index (χ1n) is 6.75. The largest absolute Gasteiger partial charge is 0.481 e. The monoisotopic (exact) mass is 289 g/mol. The van der Waals surface area contributed by atoms with Gasteiger partial charge in [0.15, 0.2) is 9.84 Å². The smallest absolute Gasteiger partial charge is 0.308 e. The van der Waals surface area contributed by atoms with Crippen molar-refractivity contribution in [2.45, 2.75) is 37.5 Å². The Hall–Kier alpha value is -0.660. The number of carboxylic acid groups (broad SMARTS) is 1. The first kappa shape index (κ1) is 13.3. The minimum Gasteiger partial charge on any atom is -0.481 e. The fourth-order valence-electron chi connectivity index (χ4n) is 4.12. The molecular formula is C12H19NO5S. The Morgan fingerprint density at radius 3 is 2.42 bits per heavy atom. The molecule has 1 heterocycles.